The summed E-state index contributed by atoms with van der Waals surface area (Å²) >= 11 is 0. The summed E-state index contributed by atoms with van der Waals surface area (Å²) in [6, 6.07) is 85.5. The minimum absolute atomic E-state index is 0.0669. The molecule has 0 saturated heterocycles. The zero-order valence-corrected chi connectivity index (χ0v) is 36.4. The van der Waals surface area contributed by atoms with Gasteiger partial charge in [0.25, 0.3) is 0 Å². The van der Waals surface area contributed by atoms with Gasteiger partial charge in [0.2, 0.25) is 0 Å². The van der Waals surface area contributed by atoms with E-state index in [0.29, 0.717) is 0 Å². The molecule has 10 aromatic carbocycles. The van der Waals surface area contributed by atoms with Gasteiger partial charge in [-0.05, 0) is 114 Å². The van der Waals surface area contributed by atoms with Gasteiger partial charge in [0.15, 0.2) is 0 Å². The third-order valence-corrected chi connectivity index (χ3v) is 14.4. The lowest BCUT2D eigenvalue weighted by molar-refractivity contribution is 0.660. The smallest absolute Gasteiger partial charge is 0.0543 e. The maximum atomic E-state index is 2.53. The minimum atomic E-state index is -0.337. The Kier molecular flexibility index (Phi) is 8.71. The van der Waals surface area contributed by atoms with Gasteiger partial charge in [-0.15, -0.1) is 0 Å². The first kappa shape index (κ1) is 38.0. The number of hydrogen-bond donors (Lipinski definition) is 0. The fourth-order valence-corrected chi connectivity index (χ4v) is 11.3. The van der Waals surface area contributed by atoms with Crippen LogP contribution < -0.4 is 4.90 Å². The topological polar surface area (TPSA) is 3.24 Å². The Labute approximate surface area is 376 Å². The second-order valence-electron chi connectivity index (χ2n) is 18.1. The molecule has 0 amide bonds. The summed E-state index contributed by atoms with van der Waals surface area (Å²) in [6.07, 6.45) is 0. The summed E-state index contributed by atoms with van der Waals surface area (Å²) < 4.78 is 0. The molecule has 0 spiro atoms. The average molecular weight is 818 g/mol. The molecule has 304 valence electrons. The van der Waals surface area contributed by atoms with Gasteiger partial charge in [-0.1, -0.05) is 220 Å². The fourth-order valence-electron chi connectivity index (χ4n) is 11.3. The summed E-state index contributed by atoms with van der Waals surface area (Å²) in [4.78, 5) is 2.53. The van der Waals surface area contributed by atoms with E-state index in [4.69, 9.17) is 0 Å². The second kappa shape index (κ2) is 14.7. The molecule has 1 unspecified atom stereocenters. The normalized spacial score (nSPS) is 15.3. The van der Waals surface area contributed by atoms with Crippen molar-refractivity contribution >= 4 is 27.8 Å². The fraction of sp³-hybridized carbons (Fsp3) is 0.0794. The highest BCUT2D eigenvalue weighted by Gasteiger charge is 2.43. The second-order valence-corrected chi connectivity index (χ2v) is 18.1. The summed E-state index contributed by atoms with van der Waals surface area (Å²) in [5.74, 6) is 0. The quantitative estimate of drug-likeness (QED) is 0.155. The van der Waals surface area contributed by atoms with Gasteiger partial charge < -0.3 is 4.90 Å². The Hall–Kier alpha value is -7.74. The Morgan fingerprint density at radius 2 is 0.812 bits per heavy atom. The number of rotatable bonds is 7. The standard InChI is InChI=1S/C63H47N/c1-62(2)53-32-13-10-27-51(53)60-48(30-18-34-55(60)62)43-38-40-46(41-39-43)64(58-37-19-35-56-61(58)52-28-11-14-33-54(52)63(56,3)45-24-8-5-9-25-45)57-36-15-12-26-49(57)50-31-17-23-44-22-16-29-47(59(44)50)42-20-6-4-7-21-42/h4-41H,1-3H3. The summed E-state index contributed by atoms with van der Waals surface area (Å²) in [5, 5.41) is 2.47. The van der Waals surface area contributed by atoms with Crippen LogP contribution in [-0.4, -0.2) is 0 Å². The van der Waals surface area contributed by atoms with Crippen LogP contribution in [0.15, 0.2) is 231 Å². The number of anilines is 3. The lowest BCUT2D eigenvalue weighted by Gasteiger charge is -2.32. The van der Waals surface area contributed by atoms with Gasteiger partial charge in [0, 0.05) is 27.6 Å². The Morgan fingerprint density at radius 3 is 1.56 bits per heavy atom. The van der Waals surface area contributed by atoms with Crippen molar-refractivity contribution in [3.63, 3.8) is 0 Å². The first-order valence-corrected chi connectivity index (χ1v) is 22.5. The van der Waals surface area contributed by atoms with Crippen molar-refractivity contribution in [2.75, 3.05) is 4.90 Å². The van der Waals surface area contributed by atoms with Crippen LogP contribution in [0.25, 0.3) is 66.4 Å². The maximum absolute atomic E-state index is 2.53. The molecule has 0 saturated carbocycles. The van der Waals surface area contributed by atoms with E-state index in [1.165, 1.54) is 94.2 Å². The first-order valence-electron chi connectivity index (χ1n) is 22.5. The monoisotopic (exact) mass is 817 g/mol. The third-order valence-electron chi connectivity index (χ3n) is 14.4. The van der Waals surface area contributed by atoms with E-state index in [2.05, 4.69) is 256 Å². The Morgan fingerprint density at radius 1 is 0.312 bits per heavy atom. The lowest BCUT2D eigenvalue weighted by Crippen LogP contribution is -2.22. The van der Waals surface area contributed by atoms with E-state index in [9.17, 15) is 0 Å². The summed E-state index contributed by atoms with van der Waals surface area (Å²) in [5.41, 5.74) is 22.2. The van der Waals surface area contributed by atoms with Crippen LogP contribution in [0.3, 0.4) is 0 Å². The molecular formula is C63H47N. The predicted octanol–water partition coefficient (Wildman–Crippen LogP) is 17.0. The molecular weight excluding hydrogens is 771 g/mol. The third kappa shape index (κ3) is 5.64. The van der Waals surface area contributed by atoms with E-state index in [0.717, 1.165) is 17.1 Å². The van der Waals surface area contributed by atoms with Gasteiger partial charge in [-0.25, -0.2) is 0 Å². The molecule has 0 bridgehead atoms. The Bertz CT molecular complexity index is 3410. The van der Waals surface area contributed by atoms with E-state index >= 15 is 0 Å². The van der Waals surface area contributed by atoms with Crippen molar-refractivity contribution < 1.29 is 0 Å². The average Bonchev–Trinajstić information content (AvgIpc) is 3.77. The highest BCUT2D eigenvalue weighted by molar-refractivity contribution is 6.09. The van der Waals surface area contributed by atoms with Gasteiger partial charge in [0.05, 0.1) is 11.4 Å². The highest BCUT2D eigenvalue weighted by atomic mass is 15.1. The highest BCUT2D eigenvalue weighted by Crippen LogP contribution is 2.58. The van der Waals surface area contributed by atoms with E-state index in [-0.39, 0.29) is 10.8 Å². The van der Waals surface area contributed by atoms with E-state index in [1.54, 1.807) is 0 Å². The summed E-state index contributed by atoms with van der Waals surface area (Å²) in [6.45, 7) is 7.12. The molecule has 2 aliphatic carbocycles. The van der Waals surface area contributed by atoms with Crippen molar-refractivity contribution in [2.24, 2.45) is 0 Å². The molecule has 64 heavy (non-hydrogen) atoms. The van der Waals surface area contributed by atoms with Gasteiger partial charge in [0.1, 0.15) is 0 Å². The number of benzene rings is 10. The molecule has 12 rings (SSSR count). The van der Waals surface area contributed by atoms with Crippen molar-refractivity contribution in [1.82, 2.24) is 0 Å². The van der Waals surface area contributed by atoms with Crippen LogP contribution >= 0.6 is 0 Å². The van der Waals surface area contributed by atoms with Crippen LogP contribution in [0.1, 0.15) is 48.6 Å². The number of para-hydroxylation sites is 1. The van der Waals surface area contributed by atoms with Crippen molar-refractivity contribution in [3.05, 3.63) is 258 Å². The van der Waals surface area contributed by atoms with Gasteiger partial charge >= 0.3 is 0 Å². The largest absolute Gasteiger partial charge is 0.309 e. The zero-order valence-electron chi connectivity index (χ0n) is 36.4. The molecule has 1 nitrogen and oxygen atoms in total. The lowest BCUT2D eigenvalue weighted by atomic mass is 9.74. The van der Waals surface area contributed by atoms with E-state index < -0.39 is 0 Å². The first-order chi connectivity index (χ1) is 31.4. The number of nitrogens with zero attached hydrogens (tertiary/aromatic N) is 1. The number of fused-ring (bicyclic) bond motifs is 7. The van der Waals surface area contributed by atoms with Crippen LogP contribution in [0.2, 0.25) is 0 Å². The number of hydrogen-bond acceptors (Lipinski definition) is 1. The van der Waals surface area contributed by atoms with Crippen LogP contribution in [-0.2, 0) is 10.8 Å². The molecule has 2 aliphatic rings. The zero-order chi connectivity index (χ0) is 43.0. The molecule has 0 aromatic heterocycles. The van der Waals surface area contributed by atoms with Crippen molar-refractivity contribution in [3.8, 4) is 55.6 Å². The molecule has 0 fully saturated rings. The molecule has 1 heteroatoms. The van der Waals surface area contributed by atoms with Crippen LogP contribution in [0.5, 0.6) is 0 Å². The van der Waals surface area contributed by atoms with Crippen LogP contribution in [0.4, 0.5) is 17.1 Å². The van der Waals surface area contributed by atoms with Crippen molar-refractivity contribution in [1.29, 1.82) is 0 Å². The molecule has 0 aliphatic heterocycles. The minimum Gasteiger partial charge on any atom is -0.309 e. The van der Waals surface area contributed by atoms with Gasteiger partial charge in [-0.2, -0.15) is 0 Å². The summed E-state index contributed by atoms with van der Waals surface area (Å²) in [7, 11) is 0. The SMILES string of the molecule is CC1(C)c2ccccc2-c2c(-c3ccc(N(c4ccccc4-c4cccc5cccc(-c6ccccc6)c45)c4cccc5c4-c4ccccc4C5(C)c4ccccc4)cc3)cccc21. The predicted molar refractivity (Wildman–Crippen MR) is 270 cm³/mol. The van der Waals surface area contributed by atoms with Crippen LogP contribution in [0, 0.1) is 0 Å². The Balaban J connectivity index is 1.10. The maximum Gasteiger partial charge on any atom is 0.0543 e. The van der Waals surface area contributed by atoms with E-state index in [1.807, 2.05) is 0 Å². The molecule has 1 atom stereocenters. The molecule has 0 N–H and O–H groups in total. The molecule has 0 heterocycles. The van der Waals surface area contributed by atoms with Crippen molar-refractivity contribution in [2.45, 2.75) is 31.6 Å². The molecule has 0 radical (unpaired) electrons. The van der Waals surface area contributed by atoms with Gasteiger partial charge in [-0.3, -0.25) is 0 Å². The molecule has 10 aromatic rings.